The van der Waals surface area contributed by atoms with Crippen molar-refractivity contribution in [3.63, 3.8) is 0 Å². The summed E-state index contributed by atoms with van der Waals surface area (Å²) in [5.41, 5.74) is 1.81. The van der Waals surface area contributed by atoms with Crippen molar-refractivity contribution in [1.82, 2.24) is 0 Å². The zero-order valence-corrected chi connectivity index (χ0v) is 8.78. The lowest BCUT2D eigenvalue weighted by molar-refractivity contribution is 0.112. The van der Waals surface area contributed by atoms with E-state index in [1.807, 2.05) is 31.2 Å². The number of fused-ring (bicyclic) bond motifs is 1. The van der Waals surface area contributed by atoms with Gasteiger partial charge >= 0.3 is 0 Å². The molecule has 0 N–H and O–H groups in total. The summed E-state index contributed by atoms with van der Waals surface area (Å²) in [6.07, 6.45) is 0.844. The Hall–Kier alpha value is -1.83. The van der Waals surface area contributed by atoms with Gasteiger partial charge in [0.25, 0.3) is 0 Å². The Kier molecular flexibility index (Phi) is 2.42. The summed E-state index contributed by atoms with van der Waals surface area (Å²) in [5, 5.41) is 2.01. The quantitative estimate of drug-likeness (QED) is 0.696. The molecule has 0 aliphatic carbocycles. The first-order valence-electron chi connectivity index (χ1n) is 4.79. The molecule has 2 aromatic carbocycles. The zero-order valence-electron chi connectivity index (χ0n) is 8.78. The van der Waals surface area contributed by atoms with Crippen LogP contribution in [0.2, 0.25) is 0 Å². The highest BCUT2D eigenvalue weighted by molar-refractivity contribution is 6.01. The van der Waals surface area contributed by atoms with Gasteiger partial charge in [-0.05, 0) is 23.8 Å². The smallest absolute Gasteiger partial charge is 0.154 e. The van der Waals surface area contributed by atoms with Crippen LogP contribution in [-0.4, -0.2) is 13.4 Å². The molecule has 0 heterocycles. The molecule has 0 spiro atoms. The molecule has 0 saturated heterocycles. The summed E-state index contributed by atoms with van der Waals surface area (Å²) in [7, 11) is 1.57. The van der Waals surface area contributed by atoms with E-state index in [0.29, 0.717) is 11.3 Å². The maximum Gasteiger partial charge on any atom is 0.154 e. The van der Waals surface area contributed by atoms with Crippen LogP contribution in [0.1, 0.15) is 15.9 Å². The summed E-state index contributed by atoms with van der Waals surface area (Å²) in [4.78, 5) is 11.0. The van der Waals surface area contributed by atoms with Gasteiger partial charge in [-0.25, -0.2) is 0 Å². The molecular weight excluding hydrogens is 188 g/mol. The van der Waals surface area contributed by atoms with E-state index in [1.165, 1.54) is 5.56 Å². The second kappa shape index (κ2) is 3.73. The second-order valence-corrected chi connectivity index (χ2v) is 3.52. The van der Waals surface area contributed by atoms with Crippen LogP contribution >= 0.6 is 0 Å². The molecule has 0 radical (unpaired) electrons. The normalized spacial score (nSPS) is 10.3. The molecule has 0 bridgehead atoms. The molecule has 2 heteroatoms. The fourth-order valence-corrected chi connectivity index (χ4v) is 1.75. The standard InChI is InChI=1S/C13H12O2/c1-9-3-5-11-10(7-9)4-6-13(15-2)12(11)8-14/h3-8H,1-2H3. The van der Waals surface area contributed by atoms with Crippen LogP contribution in [0.5, 0.6) is 5.75 Å². The minimum atomic E-state index is 0.620. The van der Waals surface area contributed by atoms with Gasteiger partial charge in [-0.2, -0.15) is 0 Å². The molecule has 0 aromatic heterocycles. The molecule has 0 aliphatic heterocycles. The average molecular weight is 200 g/mol. The number of hydrogen-bond donors (Lipinski definition) is 0. The van der Waals surface area contributed by atoms with E-state index in [1.54, 1.807) is 7.11 Å². The third-order valence-corrected chi connectivity index (χ3v) is 2.51. The topological polar surface area (TPSA) is 26.3 Å². The van der Waals surface area contributed by atoms with Gasteiger partial charge in [-0.15, -0.1) is 0 Å². The molecule has 0 saturated carbocycles. The van der Waals surface area contributed by atoms with Gasteiger partial charge in [0.2, 0.25) is 0 Å². The predicted octanol–water partition coefficient (Wildman–Crippen LogP) is 2.97. The molecule has 2 rings (SSSR count). The Morgan fingerprint density at radius 1 is 1.20 bits per heavy atom. The Bertz CT molecular complexity index is 515. The molecule has 15 heavy (non-hydrogen) atoms. The SMILES string of the molecule is COc1ccc2cc(C)ccc2c1C=O. The van der Waals surface area contributed by atoms with E-state index in [0.717, 1.165) is 17.1 Å². The second-order valence-electron chi connectivity index (χ2n) is 3.52. The van der Waals surface area contributed by atoms with Crippen molar-refractivity contribution in [3.8, 4) is 5.75 Å². The number of aryl methyl sites for hydroxylation is 1. The highest BCUT2D eigenvalue weighted by Gasteiger charge is 2.06. The third-order valence-electron chi connectivity index (χ3n) is 2.51. The predicted molar refractivity (Wildman–Crippen MR) is 60.6 cm³/mol. The third kappa shape index (κ3) is 1.59. The minimum Gasteiger partial charge on any atom is -0.496 e. The number of rotatable bonds is 2. The first kappa shape index (κ1) is 9.71. The van der Waals surface area contributed by atoms with Crippen LogP contribution in [0.3, 0.4) is 0 Å². The van der Waals surface area contributed by atoms with Gasteiger partial charge in [0.05, 0.1) is 12.7 Å². The van der Waals surface area contributed by atoms with Gasteiger partial charge in [-0.1, -0.05) is 29.8 Å². The first-order valence-corrected chi connectivity index (χ1v) is 4.79. The Balaban J connectivity index is 2.82. The van der Waals surface area contributed by atoms with Crippen molar-refractivity contribution in [2.75, 3.05) is 7.11 Å². The van der Waals surface area contributed by atoms with E-state index in [2.05, 4.69) is 6.07 Å². The summed E-state index contributed by atoms with van der Waals surface area (Å²) in [6.45, 7) is 2.03. The van der Waals surface area contributed by atoms with Crippen LogP contribution in [0.4, 0.5) is 0 Å². The van der Waals surface area contributed by atoms with Gasteiger partial charge in [0, 0.05) is 0 Å². The lowest BCUT2D eigenvalue weighted by Crippen LogP contribution is -1.91. The highest BCUT2D eigenvalue weighted by atomic mass is 16.5. The van der Waals surface area contributed by atoms with Gasteiger partial charge in [0.1, 0.15) is 5.75 Å². The molecule has 0 atom stereocenters. The number of carbonyl (C=O) groups excluding carboxylic acids is 1. The maximum atomic E-state index is 11.0. The lowest BCUT2D eigenvalue weighted by atomic mass is 10.0. The molecule has 2 aromatic rings. The zero-order chi connectivity index (χ0) is 10.8. The summed E-state index contributed by atoms with van der Waals surface area (Å²) >= 11 is 0. The van der Waals surface area contributed by atoms with E-state index in [-0.39, 0.29) is 0 Å². The van der Waals surface area contributed by atoms with Crippen molar-refractivity contribution in [3.05, 3.63) is 41.5 Å². The van der Waals surface area contributed by atoms with Crippen molar-refractivity contribution >= 4 is 17.1 Å². The number of aldehydes is 1. The largest absolute Gasteiger partial charge is 0.496 e. The van der Waals surface area contributed by atoms with Gasteiger partial charge < -0.3 is 4.74 Å². The van der Waals surface area contributed by atoms with E-state index < -0.39 is 0 Å². The Labute approximate surface area is 88.5 Å². The first-order chi connectivity index (χ1) is 7.26. The fourth-order valence-electron chi connectivity index (χ4n) is 1.75. The van der Waals surface area contributed by atoms with E-state index in [9.17, 15) is 4.79 Å². The average Bonchev–Trinajstić information content (AvgIpc) is 2.27. The van der Waals surface area contributed by atoms with Crippen LogP contribution in [0, 0.1) is 6.92 Å². The van der Waals surface area contributed by atoms with Crippen molar-refractivity contribution < 1.29 is 9.53 Å². The van der Waals surface area contributed by atoms with Crippen LogP contribution in [0.25, 0.3) is 10.8 Å². The lowest BCUT2D eigenvalue weighted by Gasteiger charge is -2.07. The van der Waals surface area contributed by atoms with E-state index >= 15 is 0 Å². The molecule has 0 fully saturated rings. The summed E-state index contributed by atoms with van der Waals surface area (Å²) in [5.74, 6) is 0.626. The number of ether oxygens (including phenoxy) is 1. The number of carbonyl (C=O) groups is 1. The Morgan fingerprint density at radius 2 is 2.00 bits per heavy atom. The van der Waals surface area contributed by atoms with Crippen LogP contribution in [0.15, 0.2) is 30.3 Å². The van der Waals surface area contributed by atoms with Crippen molar-refractivity contribution in [1.29, 1.82) is 0 Å². The summed E-state index contributed by atoms with van der Waals surface area (Å²) in [6, 6.07) is 9.80. The number of methoxy groups -OCH3 is 1. The number of benzene rings is 2. The van der Waals surface area contributed by atoms with Crippen molar-refractivity contribution in [2.24, 2.45) is 0 Å². The van der Waals surface area contributed by atoms with Crippen molar-refractivity contribution in [2.45, 2.75) is 6.92 Å². The van der Waals surface area contributed by atoms with Gasteiger partial charge in [0.15, 0.2) is 6.29 Å². The molecule has 2 nitrogen and oxygen atoms in total. The fraction of sp³-hybridized carbons (Fsp3) is 0.154. The van der Waals surface area contributed by atoms with Crippen LogP contribution in [-0.2, 0) is 0 Å². The maximum absolute atomic E-state index is 11.0. The van der Waals surface area contributed by atoms with Crippen LogP contribution < -0.4 is 4.74 Å². The molecule has 0 aliphatic rings. The van der Waals surface area contributed by atoms with E-state index in [4.69, 9.17) is 4.74 Å². The molecule has 0 unspecified atom stereocenters. The summed E-state index contributed by atoms with van der Waals surface area (Å²) < 4.78 is 5.14. The minimum absolute atomic E-state index is 0.620. The molecule has 76 valence electrons. The highest BCUT2D eigenvalue weighted by Crippen LogP contribution is 2.26. The number of hydrogen-bond acceptors (Lipinski definition) is 2. The monoisotopic (exact) mass is 200 g/mol. The van der Waals surface area contributed by atoms with Gasteiger partial charge in [-0.3, -0.25) is 4.79 Å². The Morgan fingerprint density at radius 3 is 2.67 bits per heavy atom. The molecular formula is C13H12O2. The molecule has 0 amide bonds.